The molecule has 1 amide bonds. The predicted molar refractivity (Wildman–Crippen MR) is 117 cm³/mol. The minimum absolute atomic E-state index is 0.0686. The summed E-state index contributed by atoms with van der Waals surface area (Å²) in [5.74, 6) is 0.797. The highest BCUT2D eigenvalue weighted by Gasteiger charge is 2.31. The monoisotopic (exact) mass is 458 g/mol. The van der Waals surface area contributed by atoms with Crippen molar-refractivity contribution in [3.63, 3.8) is 0 Å². The Kier molecular flexibility index (Phi) is 6.78. The molecule has 4 rings (SSSR count). The Morgan fingerprint density at radius 3 is 2.48 bits per heavy atom. The van der Waals surface area contributed by atoms with E-state index in [1.807, 2.05) is 31.2 Å². The van der Waals surface area contributed by atoms with Crippen molar-refractivity contribution in [2.75, 3.05) is 32.7 Å². The summed E-state index contributed by atoms with van der Waals surface area (Å²) in [7, 11) is 0. The van der Waals surface area contributed by atoms with E-state index in [1.54, 1.807) is 4.90 Å². The Morgan fingerprint density at radius 2 is 1.79 bits per heavy atom. The van der Waals surface area contributed by atoms with Gasteiger partial charge in [0.05, 0.1) is 5.56 Å². The zero-order valence-corrected chi connectivity index (χ0v) is 18.3. The van der Waals surface area contributed by atoms with E-state index in [-0.39, 0.29) is 11.5 Å². The number of hydrogen-bond donors (Lipinski definition) is 0. The average molecular weight is 458 g/mol. The quantitative estimate of drug-likeness (QED) is 0.546. The second-order valence-corrected chi connectivity index (χ2v) is 8.19. The standard InChI is InChI=1S/C24H25F3N4O2/c1-17-7-9-18(10-8-17)22-28-21(33-29-22)6-3-11-30-12-14-31(15-13-30)23(32)19-4-2-5-20(16-19)24(25,26)27/h2,4-5,7-10,16H,3,6,11-15H2,1H3. The van der Waals surface area contributed by atoms with E-state index in [9.17, 15) is 18.0 Å². The third-order valence-electron chi connectivity index (χ3n) is 5.74. The van der Waals surface area contributed by atoms with Crippen molar-refractivity contribution < 1.29 is 22.5 Å². The maximum atomic E-state index is 12.9. The molecule has 1 aliphatic heterocycles. The van der Waals surface area contributed by atoms with Crippen molar-refractivity contribution in [3.05, 3.63) is 71.1 Å². The van der Waals surface area contributed by atoms with Crippen molar-refractivity contribution >= 4 is 5.91 Å². The van der Waals surface area contributed by atoms with Gasteiger partial charge in [-0.25, -0.2) is 0 Å². The van der Waals surface area contributed by atoms with E-state index >= 15 is 0 Å². The van der Waals surface area contributed by atoms with E-state index in [4.69, 9.17) is 4.52 Å². The molecular weight excluding hydrogens is 433 g/mol. The number of rotatable bonds is 6. The summed E-state index contributed by atoms with van der Waals surface area (Å²) in [6.45, 7) is 5.13. The zero-order chi connectivity index (χ0) is 23.4. The van der Waals surface area contributed by atoms with Gasteiger partial charge in [0, 0.05) is 43.7 Å². The van der Waals surface area contributed by atoms with Crippen LogP contribution in [0.25, 0.3) is 11.4 Å². The van der Waals surface area contributed by atoms with Crippen LogP contribution in [0.3, 0.4) is 0 Å². The Morgan fingerprint density at radius 1 is 1.06 bits per heavy atom. The van der Waals surface area contributed by atoms with Gasteiger partial charge in [0.15, 0.2) is 0 Å². The smallest absolute Gasteiger partial charge is 0.339 e. The van der Waals surface area contributed by atoms with Crippen molar-refractivity contribution in [2.45, 2.75) is 25.9 Å². The third-order valence-corrected chi connectivity index (χ3v) is 5.74. The number of carbonyl (C=O) groups excluding carboxylic acids is 1. The second-order valence-electron chi connectivity index (χ2n) is 8.19. The first-order valence-corrected chi connectivity index (χ1v) is 10.9. The minimum Gasteiger partial charge on any atom is -0.339 e. The lowest BCUT2D eigenvalue weighted by atomic mass is 10.1. The van der Waals surface area contributed by atoms with Gasteiger partial charge in [0.2, 0.25) is 11.7 Å². The maximum Gasteiger partial charge on any atom is 0.416 e. The molecule has 174 valence electrons. The van der Waals surface area contributed by atoms with Crippen LogP contribution in [0.2, 0.25) is 0 Å². The molecule has 1 fully saturated rings. The molecule has 0 aliphatic carbocycles. The normalized spacial score (nSPS) is 15.1. The first-order valence-electron chi connectivity index (χ1n) is 10.9. The summed E-state index contributed by atoms with van der Waals surface area (Å²) in [5, 5.41) is 4.05. The summed E-state index contributed by atoms with van der Waals surface area (Å²) in [6.07, 6.45) is -2.98. The number of carbonyl (C=O) groups is 1. The Bertz CT molecular complexity index is 1090. The van der Waals surface area contributed by atoms with Crippen molar-refractivity contribution in [2.24, 2.45) is 0 Å². The fourth-order valence-electron chi connectivity index (χ4n) is 3.82. The first-order chi connectivity index (χ1) is 15.8. The Labute approximate surface area is 190 Å². The molecule has 1 saturated heterocycles. The van der Waals surface area contributed by atoms with Gasteiger partial charge in [0.25, 0.3) is 5.91 Å². The van der Waals surface area contributed by atoms with Gasteiger partial charge in [-0.1, -0.05) is 41.1 Å². The number of piperazine rings is 1. The largest absolute Gasteiger partial charge is 0.416 e. The zero-order valence-electron chi connectivity index (χ0n) is 18.3. The number of benzene rings is 2. The Balaban J connectivity index is 1.23. The molecule has 3 aromatic rings. The highest BCUT2D eigenvalue weighted by Crippen LogP contribution is 2.29. The predicted octanol–water partition coefficient (Wildman–Crippen LogP) is 4.45. The number of aryl methyl sites for hydroxylation is 2. The Hall–Kier alpha value is -3.20. The van der Waals surface area contributed by atoms with E-state index in [1.165, 1.54) is 17.7 Å². The molecule has 6 nitrogen and oxygen atoms in total. The van der Waals surface area contributed by atoms with Gasteiger partial charge in [-0.3, -0.25) is 9.69 Å². The molecule has 1 aromatic heterocycles. The van der Waals surface area contributed by atoms with Crippen molar-refractivity contribution in [1.82, 2.24) is 19.9 Å². The fraction of sp³-hybridized carbons (Fsp3) is 0.375. The molecule has 0 bridgehead atoms. The fourth-order valence-corrected chi connectivity index (χ4v) is 3.82. The molecule has 0 N–H and O–H groups in total. The van der Waals surface area contributed by atoms with Gasteiger partial charge in [0.1, 0.15) is 0 Å². The molecule has 0 spiro atoms. The topological polar surface area (TPSA) is 62.5 Å². The molecule has 1 aliphatic rings. The highest BCUT2D eigenvalue weighted by molar-refractivity contribution is 5.94. The summed E-state index contributed by atoms with van der Waals surface area (Å²) >= 11 is 0. The summed E-state index contributed by atoms with van der Waals surface area (Å²) in [4.78, 5) is 20.9. The van der Waals surface area contributed by atoms with Crippen LogP contribution in [0, 0.1) is 6.92 Å². The lowest BCUT2D eigenvalue weighted by Gasteiger charge is -2.34. The van der Waals surface area contributed by atoms with Crippen LogP contribution < -0.4 is 0 Å². The number of hydrogen-bond acceptors (Lipinski definition) is 5. The second kappa shape index (κ2) is 9.74. The number of nitrogens with zero attached hydrogens (tertiary/aromatic N) is 4. The number of amides is 1. The molecule has 0 saturated carbocycles. The minimum atomic E-state index is -4.46. The lowest BCUT2D eigenvalue weighted by molar-refractivity contribution is -0.137. The molecule has 0 unspecified atom stereocenters. The molecule has 0 radical (unpaired) electrons. The SMILES string of the molecule is Cc1ccc(-c2noc(CCCN3CCN(C(=O)c4cccc(C(F)(F)F)c4)CC3)n2)cc1. The van der Waals surface area contributed by atoms with Gasteiger partial charge in [-0.15, -0.1) is 0 Å². The number of alkyl halides is 3. The van der Waals surface area contributed by atoms with E-state index in [0.717, 1.165) is 30.7 Å². The van der Waals surface area contributed by atoms with E-state index < -0.39 is 11.7 Å². The lowest BCUT2D eigenvalue weighted by Crippen LogP contribution is -2.48. The van der Waals surface area contributed by atoms with Crippen LogP contribution in [-0.2, 0) is 12.6 Å². The van der Waals surface area contributed by atoms with Crippen LogP contribution in [0.1, 0.15) is 33.8 Å². The molecule has 2 heterocycles. The van der Waals surface area contributed by atoms with E-state index in [0.29, 0.717) is 44.3 Å². The van der Waals surface area contributed by atoms with Gasteiger partial charge in [-0.2, -0.15) is 18.2 Å². The first kappa shape index (κ1) is 23.0. The van der Waals surface area contributed by atoms with Gasteiger partial charge in [-0.05, 0) is 38.1 Å². The maximum absolute atomic E-state index is 12.9. The van der Waals surface area contributed by atoms with Gasteiger partial charge < -0.3 is 9.42 Å². The molecule has 2 aromatic carbocycles. The number of halogens is 3. The van der Waals surface area contributed by atoms with Crippen LogP contribution in [0.4, 0.5) is 13.2 Å². The van der Waals surface area contributed by atoms with Crippen LogP contribution >= 0.6 is 0 Å². The highest BCUT2D eigenvalue weighted by atomic mass is 19.4. The van der Waals surface area contributed by atoms with Crippen LogP contribution in [0.15, 0.2) is 53.1 Å². The van der Waals surface area contributed by atoms with Crippen molar-refractivity contribution in [1.29, 1.82) is 0 Å². The van der Waals surface area contributed by atoms with Crippen LogP contribution in [0.5, 0.6) is 0 Å². The summed E-state index contributed by atoms with van der Waals surface area (Å²) in [6, 6.07) is 12.5. The summed E-state index contributed by atoms with van der Waals surface area (Å²) < 4.78 is 44.1. The summed E-state index contributed by atoms with van der Waals surface area (Å²) in [5.41, 5.74) is 1.34. The molecular formula is C24H25F3N4O2. The van der Waals surface area contributed by atoms with Gasteiger partial charge >= 0.3 is 6.18 Å². The van der Waals surface area contributed by atoms with Crippen molar-refractivity contribution in [3.8, 4) is 11.4 Å². The van der Waals surface area contributed by atoms with E-state index in [2.05, 4.69) is 15.0 Å². The van der Waals surface area contributed by atoms with Crippen LogP contribution in [-0.4, -0.2) is 58.6 Å². The average Bonchev–Trinajstić information content (AvgIpc) is 3.28. The number of aromatic nitrogens is 2. The third kappa shape index (κ3) is 5.78. The molecule has 9 heteroatoms. The molecule has 33 heavy (non-hydrogen) atoms. The molecule has 0 atom stereocenters.